The van der Waals surface area contributed by atoms with Crippen molar-refractivity contribution in [3.05, 3.63) is 60.4 Å². The van der Waals surface area contributed by atoms with E-state index in [0.29, 0.717) is 5.56 Å². The smallest absolute Gasteiger partial charge is 0.339 e. The fourth-order valence-corrected chi connectivity index (χ4v) is 1.82. The third kappa shape index (κ3) is 3.66. The molecule has 0 N–H and O–H groups in total. The molecule has 0 fully saturated rings. The van der Waals surface area contributed by atoms with E-state index in [-0.39, 0.29) is 5.91 Å². The Morgan fingerprint density at radius 1 is 1.10 bits per heavy atom. The fourth-order valence-electron chi connectivity index (χ4n) is 1.82. The second kappa shape index (κ2) is 6.65. The van der Waals surface area contributed by atoms with Crippen LogP contribution < -0.4 is 4.90 Å². The highest BCUT2D eigenvalue weighted by molar-refractivity contribution is 5.98. The van der Waals surface area contributed by atoms with Gasteiger partial charge in [-0.1, -0.05) is 18.2 Å². The Labute approximate surface area is 123 Å². The highest BCUT2D eigenvalue weighted by Gasteiger charge is 2.22. The molecule has 21 heavy (non-hydrogen) atoms. The van der Waals surface area contributed by atoms with Crippen LogP contribution in [-0.4, -0.2) is 30.0 Å². The number of pyridine rings is 1. The quantitative estimate of drug-likeness (QED) is 0.808. The number of rotatable bonds is 4. The highest BCUT2D eigenvalue weighted by Crippen LogP contribution is 2.13. The van der Waals surface area contributed by atoms with Gasteiger partial charge in [0.1, 0.15) is 0 Å². The van der Waals surface area contributed by atoms with Gasteiger partial charge in [-0.05, 0) is 31.2 Å². The molecule has 0 aliphatic heterocycles. The minimum absolute atomic E-state index is 0.288. The van der Waals surface area contributed by atoms with E-state index in [4.69, 9.17) is 4.74 Å². The van der Waals surface area contributed by atoms with Gasteiger partial charge in [-0.2, -0.15) is 0 Å². The van der Waals surface area contributed by atoms with E-state index in [1.54, 1.807) is 26.1 Å². The fraction of sp³-hybridized carbons (Fsp3) is 0.188. The number of benzene rings is 1. The molecule has 5 nitrogen and oxygen atoms in total. The lowest BCUT2D eigenvalue weighted by Crippen LogP contribution is -2.37. The molecule has 0 aliphatic carbocycles. The molecule has 0 aliphatic rings. The van der Waals surface area contributed by atoms with Gasteiger partial charge in [-0.3, -0.25) is 9.78 Å². The van der Waals surface area contributed by atoms with E-state index >= 15 is 0 Å². The molecule has 1 aromatic carbocycles. The van der Waals surface area contributed by atoms with Gasteiger partial charge in [0.2, 0.25) is 0 Å². The summed E-state index contributed by atoms with van der Waals surface area (Å²) >= 11 is 0. The first-order chi connectivity index (χ1) is 10.1. The number of likely N-dealkylation sites (N-methyl/N-ethyl adjacent to an activating group) is 1. The van der Waals surface area contributed by atoms with Crippen LogP contribution in [0.5, 0.6) is 0 Å². The van der Waals surface area contributed by atoms with Crippen LogP contribution in [0.25, 0.3) is 0 Å². The van der Waals surface area contributed by atoms with Gasteiger partial charge in [-0.25, -0.2) is 4.79 Å². The van der Waals surface area contributed by atoms with Crippen molar-refractivity contribution in [2.75, 3.05) is 11.9 Å². The van der Waals surface area contributed by atoms with Crippen LogP contribution in [0, 0.1) is 0 Å². The molecule has 1 aromatic heterocycles. The molecule has 0 spiro atoms. The third-order valence-electron chi connectivity index (χ3n) is 3.02. The van der Waals surface area contributed by atoms with Gasteiger partial charge in [0, 0.05) is 25.1 Å². The predicted molar refractivity (Wildman–Crippen MR) is 79.0 cm³/mol. The Morgan fingerprint density at radius 2 is 1.71 bits per heavy atom. The van der Waals surface area contributed by atoms with E-state index < -0.39 is 12.1 Å². The zero-order chi connectivity index (χ0) is 15.2. The first-order valence-corrected chi connectivity index (χ1v) is 6.53. The third-order valence-corrected chi connectivity index (χ3v) is 3.02. The van der Waals surface area contributed by atoms with E-state index in [1.807, 2.05) is 30.3 Å². The minimum atomic E-state index is -0.865. The summed E-state index contributed by atoms with van der Waals surface area (Å²) in [7, 11) is 1.65. The summed E-state index contributed by atoms with van der Waals surface area (Å²) in [6.07, 6.45) is 2.13. The van der Waals surface area contributed by atoms with Gasteiger partial charge in [-0.15, -0.1) is 0 Å². The summed E-state index contributed by atoms with van der Waals surface area (Å²) in [6, 6.07) is 12.3. The molecule has 2 aromatic rings. The molecule has 108 valence electrons. The van der Waals surface area contributed by atoms with E-state index in [9.17, 15) is 9.59 Å². The molecule has 0 radical (unpaired) electrons. The lowest BCUT2D eigenvalue weighted by molar-refractivity contribution is -0.126. The molecule has 0 unspecified atom stereocenters. The number of carbonyl (C=O) groups is 2. The van der Waals surface area contributed by atoms with Crippen molar-refractivity contribution in [2.45, 2.75) is 13.0 Å². The average molecular weight is 284 g/mol. The monoisotopic (exact) mass is 284 g/mol. The number of para-hydroxylation sites is 1. The highest BCUT2D eigenvalue weighted by atomic mass is 16.5. The number of amides is 1. The zero-order valence-electron chi connectivity index (χ0n) is 11.9. The van der Waals surface area contributed by atoms with Crippen molar-refractivity contribution < 1.29 is 14.3 Å². The van der Waals surface area contributed by atoms with Gasteiger partial charge in [0.25, 0.3) is 5.91 Å². The summed E-state index contributed by atoms with van der Waals surface area (Å²) in [5, 5.41) is 0. The standard InChI is InChI=1S/C16H16N2O3/c1-12(21-16(20)13-8-10-17-11-9-13)15(19)18(2)14-6-4-3-5-7-14/h3-12H,1-2H3/t12-/m0/s1. The Balaban J connectivity index is 2.01. The molecule has 1 atom stereocenters. The van der Waals surface area contributed by atoms with Gasteiger partial charge in [0.05, 0.1) is 5.56 Å². The van der Waals surface area contributed by atoms with Crippen LogP contribution >= 0.6 is 0 Å². The molecule has 0 saturated carbocycles. The van der Waals surface area contributed by atoms with Gasteiger partial charge in [0.15, 0.2) is 6.10 Å². The van der Waals surface area contributed by atoms with Gasteiger partial charge >= 0.3 is 5.97 Å². The predicted octanol–water partition coefficient (Wildman–Crippen LogP) is 2.29. The molecule has 0 saturated heterocycles. The zero-order valence-corrected chi connectivity index (χ0v) is 11.9. The van der Waals surface area contributed by atoms with Crippen LogP contribution in [0.1, 0.15) is 17.3 Å². The average Bonchev–Trinajstić information content (AvgIpc) is 2.55. The minimum Gasteiger partial charge on any atom is -0.449 e. The molecule has 5 heteroatoms. The normalized spacial score (nSPS) is 11.5. The van der Waals surface area contributed by atoms with Crippen molar-refractivity contribution in [3.8, 4) is 0 Å². The van der Waals surface area contributed by atoms with Crippen LogP contribution in [-0.2, 0) is 9.53 Å². The van der Waals surface area contributed by atoms with E-state index in [1.165, 1.54) is 17.3 Å². The number of esters is 1. The van der Waals surface area contributed by atoms with E-state index in [0.717, 1.165) is 5.69 Å². The number of anilines is 1. The van der Waals surface area contributed by atoms with Crippen molar-refractivity contribution in [2.24, 2.45) is 0 Å². The maximum absolute atomic E-state index is 12.2. The van der Waals surface area contributed by atoms with Crippen molar-refractivity contribution in [1.82, 2.24) is 4.98 Å². The molecule has 0 bridgehead atoms. The topological polar surface area (TPSA) is 59.5 Å². The van der Waals surface area contributed by atoms with Crippen LogP contribution in [0.2, 0.25) is 0 Å². The van der Waals surface area contributed by atoms with E-state index in [2.05, 4.69) is 4.98 Å². The molecular formula is C16H16N2O3. The Bertz CT molecular complexity index is 614. The lowest BCUT2D eigenvalue weighted by atomic mass is 10.2. The Morgan fingerprint density at radius 3 is 2.33 bits per heavy atom. The SMILES string of the molecule is C[C@H](OC(=O)c1ccncc1)C(=O)N(C)c1ccccc1. The number of aromatic nitrogens is 1. The Kier molecular flexibility index (Phi) is 4.66. The van der Waals surface area contributed by atoms with Crippen LogP contribution in [0.15, 0.2) is 54.9 Å². The van der Waals surface area contributed by atoms with Gasteiger partial charge < -0.3 is 9.64 Å². The maximum Gasteiger partial charge on any atom is 0.339 e. The summed E-state index contributed by atoms with van der Waals surface area (Å²) in [6.45, 7) is 1.56. The van der Waals surface area contributed by atoms with Crippen molar-refractivity contribution in [1.29, 1.82) is 0 Å². The van der Waals surface area contributed by atoms with Crippen LogP contribution in [0.4, 0.5) is 5.69 Å². The number of carbonyl (C=O) groups excluding carboxylic acids is 2. The van der Waals surface area contributed by atoms with Crippen LogP contribution in [0.3, 0.4) is 0 Å². The summed E-state index contributed by atoms with van der Waals surface area (Å²) in [5.41, 5.74) is 1.11. The summed E-state index contributed by atoms with van der Waals surface area (Å²) in [5.74, 6) is -0.830. The van der Waals surface area contributed by atoms with Crippen molar-refractivity contribution >= 4 is 17.6 Å². The largest absolute Gasteiger partial charge is 0.449 e. The second-order valence-electron chi connectivity index (χ2n) is 4.52. The number of hydrogen-bond donors (Lipinski definition) is 0. The number of ether oxygens (including phenoxy) is 1. The summed E-state index contributed by atoms with van der Waals surface area (Å²) < 4.78 is 5.18. The first-order valence-electron chi connectivity index (χ1n) is 6.53. The molecule has 1 amide bonds. The number of nitrogens with zero attached hydrogens (tertiary/aromatic N) is 2. The molecule has 2 rings (SSSR count). The maximum atomic E-state index is 12.2. The molecule has 1 heterocycles. The first kappa shape index (κ1) is 14.7. The lowest BCUT2D eigenvalue weighted by Gasteiger charge is -2.21. The number of hydrogen-bond acceptors (Lipinski definition) is 4. The summed E-state index contributed by atoms with van der Waals surface area (Å²) in [4.78, 5) is 29.4. The second-order valence-corrected chi connectivity index (χ2v) is 4.52. The molecular weight excluding hydrogens is 268 g/mol. The van der Waals surface area contributed by atoms with Crippen molar-refractivity contribution in [3.63, 3.8) is 0 Å². The Hall–Kier alpha value is -2.69.